The number of halogens is 1. The first-order valence-electron chi connectivity index (χ1n) is 7.24. The summed E-state index contributed by atoms with van der Waals surface area (Å²) < 4.78 is 13.1. The van der Waals surface area contributed by atoms with Gasteiger partial charge < -0.3 is 5.32 Å². The Morgan fingerprint density at radius 3 is 2.64 bits per heavy atom. The molecule has 22 heavy (non-hydrogen) atoms. The molecule has 2 rings (SSSR count). The summed E-state index contributed by atoms with van der Waals surface area (Å²) in [5.41, 5.74) is 3.89. The number of likely N-dealkylation sites (N-methyl/N-ethyl adjacent to an activating group) is 1. The summed E-state index contributed by atoms with van der Waals surface area (Å²) in [5, 5.41) is 2.91. The molecule has 0 radical (unpaired) electrons. The molecule has 0 aromatic heterocycles. The number of rotatable bonds is 5. The average molecular weight is 300 g/mol. The molecular weight excluding hydrogens is 279 g/mol. The van der Waals surface area contributed by atoms with Crippen molar-refractivity contribution in [3.63, 3.8) is 0 Å². The van der Waals surface area contributed by atoms with Gasteiger partial charge in [0.2, 0.25) is 5.91 Å². The smallest absolute Gasteiger partial charge is 0.238 e. The summed E-state index contributed by atoms with van der Waals surface area (Å²) in [6.45, 7) is 4.77. The van der Waals surface area contributed by atoms with Crippen molar-refractivity contribution in [2.24, 2.45) is 0 Å². The number of hydrogen-bond acceptors (Lipinski definition) is 2. The highest BCUT2D eigenvalue weighted by Gasteiger charge is 2.09. The summed E-state index contributed by atoms with van der Waals surface area (Å²) in [7, 11) is 1.84. The number of carbonyl (C=O) groups excluding carboxylic acids is 1. The van der Waals surface area contributed by atoms with Crippen molar-refractivity contribution in [2.45, 2.75) is 20.4 Å². The van der Waals surface area contributed by atoms with Gasteiger partial charge in [0, 0.05) is 12.2 Å². The second kappa shape index (κ2) is 7.18. The molecular formula is C18H21FN2O. The van der Waals surface area contributed by atoms with Gasteiger partial charge in [-0.3, -0.25) is 9.69 Å². The van der Waals surface area contributed by atoms with Gasteiger partial charge in [0.25, 0.3) is 0 Å². The van der Waals surface area contributed by atoms with Gasteiger partial charge in [0.05, 0.1) is 6.54 Å². The van der Waals surface area contributed by atoms with Gasteiger partial charge in [-0.15, -0.1) is 0 Å². The van der Waals surface area contributed by atoms with Crippen LogP contribution in [-0.4, -0.2) is 24.4 Å². The monoisotopic (exact) mass is 300 g/mol. The van der Waals surface area contributed by atoms with Crippen molar-refractivity contribution < 1.29 is 9.18 Å². The van der Waals surface area contributed by atoms with Crippen molar-refractivity contribution in [1.82, 2.24) is 4.90 Å². The third-order valence-electron chi connectivity index (χ3n) is 3.41. The first-order chi connectivity index (χ1) is 10.4. The molecule has 0 aliphatic carbocycles. The molecule has 0 bridgehead atoms. The van der Waals surface area contributed by atoms with Gasteiger partial charge in [0.1, 0.15) is 5.82 Å². The Bertz CT molecular complexity index is 670. The highest BCUT2D eigenvalue weighted by atomic mass is 19.1. The Kier molecular flexibility index (Phi) is 5.28. The molecule has 0 spiro atoms. The zero-order valence-corrected chi connectivity index (χ0v) is 13.2. The first-order valence-corrected chi connectivity index (χ1v) is 7.24. The molecule has 0 aliphatic heterocycles. The molecule has 3 nitrogen and oxygen atoms in total. The fraction of sp³-hybridized carbons (Fsp3) is 0.278. The van der Waals surface area contributed by atoms with E-state index in [1.807, 2.05) is 50.1 Å². The lowest BCUT2D eigenvalue weighted by Gasteiger charge is -2.17. The maximum absolute atomic E-state index is 13.1. The molecule has 2 aromatic rings. The number of carbonyl (C=O) groups is 1. The minimum Gasteiger partial charge on any atom is -0.325 e. The number of nitrogens with zero attached hydrogens (tertiary/aromatic N) is 1. The molecule has 4 heteroatoms. The van der Waals surface area contributed by atoms with Crippen LogP contribution in [0.4, 0.5) is 10.1 Å². The molecule has 0 unspecified atom stereocenters. The summed E-state index contributed by atoms with van der Waals surface area (Å²) in [4.78, 5) is 13.9. The van der Waals surface area contributed by atoms with Gasteiger partial charge in [-0.1, -0.05) is 29.8 Å². The number of nitrogens with one attached hydrogen (secondary N) is 1. The topological polar surface area (TPSA) is 32.3 Å². The van der Waals surface area contributed by atoms with Crippen molar-refractivity contribution in [3.05, 3.63) is 65.0 Å². The molecule has 2 aromatic carbocycles. The van der Waals surface area contributed by atoms with Gasteiger partial charge in [-0.05, 0) is 50.2 Å². The summed E-state index contributed by atoms with van der Waals surface area (Å²) in [6, 6.07) is 12.3. The second-order valence-electron chi connectivity index (χ2n) is 5.67. The van der Waals surface area contributed by atoms with E-state index in [1.165, 1.54) is 17.7 Å². The van der Waals surface area contributed by atoms with Crippen LogP contribution in [0.15, 0.2) is 42.5 Å². The predicted octanol–water partition coefficient (Wildman–Crippen LogP) is 3.51. The van der Waals surface area contributed by atoms with Gasteiger partial charge in [-0.25, -0.2) is 4.39 Å². The highest BCUT2D eigenvalue weighted by Crippen LogP contribution is 2.16. The van der Waals surface area contributed by atoms with E-state index in [4.69, 9.17) is 0 Å². The molecule has 0 aliphatic rings. The fourth-order valence-electron chi connectivity index (χ4n) is 2.39. The van der Waals surface area contributed by atoms with E-state index in [2.05, 4.69) is 5.32 Å². The SMILES string of the molecule is Cc1ccc(NC(=O)CN(C)Cc2cccc(F)c2)c(C)c1. The van der Waals surface area contributed by atoms with Crippen molar-refractivity contribution in [3.8, 4) is 0 Å². The maximum Gasteiger partial charge on any atom is 0.238 e. The third-order valence-corrected chi connectivity index (χ3v) is 3.41. The predicted molar refractivity (Wildman–Crippen MR) is 87.3 cm³/mol. The highest BCUT2D eigenvalue weighted by molar-refractivity contribution is 5.92. The second-order valence-corrected chi connectivity index (χ2v) is 5.67. The van der Waals surface area contributed by atoms with E-state index < -0.39 is 0 Å². The van der Waals surface area contributed by atoms with Gasteiger partial charge in [0.15, 0.2) is 0 Å². The number of benzene rings is 2. The van der Waals surface area contributed by atoms with E-state index in [-0.39, 0.29) is 18.3 Å². The molecule has 116 valence electrons. The van der Waals surface area contributed by atoms with Crippen LogP contribution in [0.2, 0.25) is 0 Å². The average Bonchev–Trinajstić information content (AvgIpc) is 2.41. The Morgan fingerprint density at radius 1 is 1.18 bits per heavy atom. The Labute approximate surface area is 130 Å². The molecule has 1 N–H and O–H groups in total. The van der Waals surface area contributed by atoms with Crippen LogP contribution in [0, 0.1) is 19.7 Å². The molecule has 0 heterocycles. The first kappa shape index (κ1) is 16.2. The van der Waals surface area contributed by atoms with Gasteiger partial charge >= 0.3 is 0 Å². The Morgan fingerprint density at radius 2 is 1.95 bits per heavy atom. The molecule has 0 fully saturated rings. The van der Waals surface area contributed by atoms with Crippen LogP contribution in [-0.2, 0) is 11.3 Å². The number of amides is 1. The summed E-state index contributed by atoms with van der Waals surface area (Å²) in [6.07, 6.45) is 0. The van der Waals surface area contributed by atoms with Crippen LogP contribution in [0.1, 0.15) is 16.7 Å². The molecule has 0 saturated carbocycles. The van der Waals surface area contributed by atoms with E-state index in [1.54, 1.807) is 6.07 Å². The number of hydrogen-bond donors (Lipinski definition) is 1. The standard InChI is InChI=1S/C18H21FN2O/c1-13-7-8-17(14(2)9-13)20-18(22)12-21(3)11-15-5-4-6-16(19)10-15/h4-10H,11-12H2,1-3H3,(H,20,22). The van der Waals surface area contributed by atoms with Crippen molar-refractivity contribution in [1.29, 1.82) is 0 Å². The van der Waals surface area contributed by atoms with E-state index in [9.17, 15) is 9.18 Å². The Hall–Kier alpha value is -2.20. The molecule has 0 saturated heterocycles. The van der Waals surface area contributed by atoms with Crippen LogP contribution in [0.25, 0.3) is 0 Å². The number of anilines is 1. The third kappa shape index (κ3) is 4.67. The molecule has 1 amide bonds. The summed E-state index contributed by atoms with van der Waals surface area (Å²) in [5.74, 6) is -0.337. The Balaban J connectivity index is 1.91. The lowest BCUT2D eigenvalue weighted by atomic mass is 10.1. The zero-order valence-electron chi connectivity index (χ0n) is 13.2. The minimum absolute atomic E-state index is 0.0779. The van der Waals surface area contributed by atoms with Crippen LogP contribution >= 0.6 is 0 Å². The minimum atomic E-state index is -0.259. The van der Waals surface area contributed by atoms with Gasteiger partial charge in [-0.2, -0.15) is 0 Å². The quantitative estimate of drug-likeness (QED) is 0.916. The molecule has 0 atom stereocenters. The van der Waals surface area contributed by atoms with E-state index >= 15 is 0 Å². The van der Waals surface area contributed by atoms with Crippen LogP contribution in [0.5, 0.6) is 0 Å². The van der Waals surface area contributed by atoms with Crippen LogP contribution in [0.3, 0.4) is 0 Å². The van der Waals surface area contributed by atoms with E-state index in [0.717, 1.165) is 16.8 Å². The largest absolute Gasteiger partial charge is 0.325 e. The summed E-state index contributed by atoms with van der Waals surface area (Å²) >= 11 is 0. The number of aryl methyl sites for hydroxylation is 2. The lowest BCUT2D eigenvalue weighted by molar-refractivity contribution is -0.117. The van der Waals surface area contributed by atoms with E-state index in [0.29, 0.717) is 6.54 Å². The van der Waals surface area contributed by atoms with Crippen molar-refractivity contribution >= 4 is 11.6 Å². The maximum atomic E-state index is 13.1. The fourth-order valence-corrected chi connectivity index (χ4v) is 2.39. The normalized spacial score (nSPS) is 10.8. The van der Waals surface area contributed by atoms with Crippen molar-refractivity contribution in [2.75, 3.05) is 18.9 Å². The lowest BCUT2D eigenvalue weighted by Crippen LogP contribution is -2.30. The zero-order chi connectivity index (χ0) is 16.1. The van der Waals surface area contributed by atoms with Crippen LogP contribution < -0.4 is 5.32 Å².